The minimum atomic E-state index is 0.916. The van der Waals surface area contributed by atoms with Crippen LogP contribution < -0.4 is 5.73 Å². The van der Waals surface area contributed by atoms with Crippen LogP contribution in [-0.2, 0) is 5.75 Å². The minimum absolute atomic E-state index is 0.916. The molecule has 1 nitrogen and oxygen atoms in total. The Balaban J connectivity index is 3.00. The van der Waals surface area contributed by atoms with Crippen LogP contribution in [0.25, 0.3) is 0 Å². The summed E-state index contributed by atoms with van der Waals surface area (Å²) < 4.78 is 0. The fraction of sp³-hybridized carbons (Fsp3) is 0.333. The van der Waals surface area contributed by atoms with Gasteiger partial charge < -0.3 is 5.73 Å². The number of hydrogen-bond donors (Lipinski definition) is 1. The molecule has 2 heteroatoms. The molecule has 2 N–H and O–H groups in total. The van der Waals surface area contributed by atoms with E-state index in [1.807, 2.05) is 12.1 Å². The molecule has 0 aliphatic rings. The molecule has 0 amide bonds. The lowest BCUT2D eigenvalue weighted by atomic mass is 10.1. The van der Waals surface area contributed by atoms with E-state index in [9.17, 15) is 0 Å². The Bertz CT molecular complexity index is 225. The third-order valence-electron chi connectivity index (χ3n) is 1.74. The van der Waals surface area contributed by atoms with Gasteiger partial charge in [-0.1, -0.05) is 12.1 Å². The lowest BCUT2D eigenvalue weighted by molar-refractivity contribution is 1.31. The fourth-order valence-corrected chi connectivity index (χ4v) is 1.75. The van der Waals surface area contributed by atoms with Crippen molar-refractivity contribution in [2.45, 2.75) is 12.7 Å². The molecule has 0 spiro atoms. The summed E-state index contributed by atoms with van der Waals surface area (Å²) in [4.78, 5) is 0. The van der Waals surface area contributed by atoms with Crippen LogP contribution in [0, 0.1) is 6.92 Å². The third-order valence-corrected chi connectivity index (χ3v) is 2.31. The van der Waals surface area contributed by atoms with Gasteiger partial charge in [-0.25, -0.2) is 0 Å². The van der Waals surface area contributed by atoms with Gasteiger partial charge in [0, 0.05) is 11.4 Å². The van der Waals surface area contributed by atoms with Crippen molar-refractivity contribution in [2.75, 3.05) is 12.0 Å². The van der Waals surface area contributed by atoms with Crippen LogP contribution in [0.1, 0.15) is 11.1 Å². The molecule has 0 saturated carbocycles. The number of nitrogen functional groups attached to an aromatic ring is 1. The van der Waals surface area contributed by atoms with Crippen molar-refractivity contribution < 1.29 is 0 Å². The number of nitrogens with two attached hydrogens (primary N) is 1. The number of aryl methyl sites for hydroxylation is 1. The van der Waals surface area contributed by atoms with Crippen LogP contribution in [0.15, 0.2) is 18.2 Å². The van der Waals surface area contributed by atoms with Gasteiger partial charge in [0.2, 0.25) is 0 Å². The Morgan fingerprint density at radius 1 is 1.45 bits per heavy atom. The van der Waals surface area contributed by atoms with Crippen molar-refractivity contribution in [3.05, 3.63) is 29.3 Å². The zero-order valence-corrected chi connectivity index (χ0v) is 7.74. The van der Waals surface area contributed by atoms with Crippen LogP contribution in [0.3, 0.4) is 0 Å². The number of thioether (sulfide) groups is 1. The van der Waals surface area contributed by atoms with Crippen molar-refractivity contribution in [3.8, 4) is 0 Å². The number of hydrogen-bond acceptors (Lipinski definition) is 2. The molecule has 1 aromatic rings. The quantitative estimate of drug-likeness (QED) is 0.685. The maximum absolute atomic E-state index is 5.79. The van der Waals surface area contributed by atoms with Gasteiger partial charge >= 0.3 is 0 Å². The molecule has 1 aromatic carbocycles. The van der Waals surface area contributed by atoms with Gasteiger partial charge in [0.15, 0.2) is 0 Å². The van der Waals surface area contributed by atoms with Crippen molar-refractivity contribution in [1.29, 1.82) is 0 Å². The lowest BCUT2D eigenvalue weighted by Gasteiger charge is -2.06. The highest BCUT2D eigenvalue weighted by atomic mass is 32.2. The van der Waals surface area contributed by atoms with E-state index in [2.05, 4.69) is 19.2 Å². The van der Waals surface area contributed by atoms with E-state index in [1.54, 1.807) is 11.8 Å². The van der Waals surface area contributed by atoms with E-state index >= 15 is 0 Å². The topological polar surface area (TPSA) is 26.0 Å². The molecule has 0 saturated heterocycles. The highest BCUT2D eigenvalue weighted by Crippen LogP contribution is 2.20. The average molecular weight is 167 g/mol. The van der Waals surface area contributed by atoms with Gasteiger partial charge in [0.25, 0.3) is 0 Å². The van der Waals surface area contributed by atoms with Crippen LogP contribution in [0.5, 0.6) is 0 Å². The molecule has 0 radical (unpaired) electrons. The van der Waals surface area contributed by atoms with E-state index in [4.69, 9.17) is 5.73 Å². The Hall–Kier alpha value is -0.630. The first kappa shape index (κ1) is 8.47. The molecule has 0 aromatic heterocycles. The second-order valence-electron chi connectivity index (χ2n) is 2.58. The van der Waals surface area contributed by atoms with Crippen LogP contribution in [0.2, 0.25) is 0 Å². The van der Waals surface area contributed by atoms with E-state index in [0.29, 0.717) is 0 Å². The van der Waals surface area contributed by atoms with E-state index in [0.717, 1.165) is 11.4 Å². The van der Waals surface area contributed by atoms with Crippen molar-refractivity contribution in [2.24, 2.45) is 0 Å². The molecule has 0 atom stereocenters. The molecule has 60 valence electrons. The maximum Gasteiger partial charge on any atom is 0.0357 e. The molecule has 0 aliphatic carbocycles. The van der Waals surface area contributed by atoms with Gasteiger partial charge in [0.05, 0.1) is 0 Å². The summed E-state index contributed by atoms with van der Waals surface area (Å²) in [6, 6.07) is 6.05. The molecular weight excluding hydrogens is 154 g/mol. The molecule has 0 unspecified atom stereocenters. The fourth-order valence-electron chi connectivity index (χ4n) is 1.07. The van der Waals surface area contributed by atoms with Gasteiger partial charge in [-0.05, 0) is 30.4 Å². The zero-order valence-electron chi connectivity index (χ0n) is 6.92. The summed E-state index contributed by atoms with van der Waals surface area (Å²) >= 11 is 1.80. The molecule has 0 fully saturated rings. The Kier molecular flexibility index (Phi) is 2.83. The maximum atomic E-state index is 5.79. The summed E-state index contributed by atoms with van der Waals surface area (Å²) in [7, 11) is 0. The van der Waals surface area contributed by atoms with Gasteiger partial charge in [-0.15, -0.1) is 0 Å². The largest absolute Gasteiger partial charge is 0.398 e. The lowest BCUT2D eigenvalue weighted by Crippen LogP contribution is -1.94. The Morgan fingerprint density at radius 2 is 2.18 bits per heavy atom. The second-order valence-corrected chi connectivity index (χ2v) is 3.44. The molecule has 0 aliphatic heterocycles. The van der Waals surface area contributed by atoms with Crippen molar-refractivity contribution in [1.82, 2.24) is 0 Å². The first-order chi connectivity index (χ1) is 5.25. The second kappa shape index (κ2) is 3.67. The highest BCUT2D eigenvalue weighted by molar-refractivity contribution is 7.97. The molecule has 11 heavy (non-hydrogen) atoms. The molecular formula is C9H13NS. The summed E-state index contributed by atoms with van der Waals surface area (Å²) in [5.41, 5.74) is 9.28. The van der Waals surface area contributed by atoms with Gasteiger partial charge in [-0.2, -0.15) is 11.8 Å². The third kappa shape index (κ3) is 1.90. The minimum Gasteiger partial charge on any atom is -0.398 e. The van der Waals surface area contributed by atoms with E-state index < -0.39 is 0 Å². The van der Waals surface area contributed by atoms with Gasteiger partial charge in [0.1, 0.15) is 0 Å². The normalized spacial score (nSPS) is 10.0. The van der Waals surface area contributed by atoms with Crippen molar-refractivity contribution in [3.63, 3.8) is 0 Å². The summed E-state index contributed by atoms with van der Waals surface area (Å²) in [5.74, 6) is 1.01. The Labute approximate surface area is 72.0 Å². The van der Waals surface area contributed by atoms with Crippen LogP contribution in [0.4, 0.5) is 5.69 Å². The first-order valence-electron chi connectivity index (χ1n) is 3.58. The zero-order chi connectivity index (χ0) is 8.27. The average Bonchev–Trinajstić information content (AvgIpc) is 1.97. The number of anilines is 1. The summed E-state index contributed by atoms with van der Waals surface area (Å²) in [5, 5.41) is 0. The number of benzene rings is 1. The summed E-state index contributed by atoms with van der Waals surface area (Å²) in [6.07, 6.45) is 2.09. The monoisotopic (exact) mass is 167 g/mol. The molecule has 1 rings (SSSR count). The Morgan fingerprint density at radius 3 is 2.73 bits per heavy atom. The number of rotatable bonds is 2. The smallest absolute Gasteiger partial charge is 0.0357 e. The van der Waals surface area contributed by atoms with Crippen LogP contribution in [-0.4, -0.2) is 6.26 Å². The standard InChI is InChI=1S/C9H13NS/c1-7-4-3-5-9(10)8(7)6-11-2/h3-5H,6,10H2,1-2H3. The SMILES string of the molecule is CSCc1c(C)cccc1N. The van der Waals surface area contributed by atoms with Crippen LogP contribution >= 0.6 is 11.8 Å². The highest BCUT2D eigenvalue weighted by Gasteiger charge is 1.99. The first-order valence-corrected chi connectivity index (χ1v) is 4.98. The molecule has 0 heterocycles. The summed E-state index contributed by atoms with van der Waals surface area (Å²) in [6.45, 7) is 2.10. The van der Waals surface area contributed by atoms with Gasteiger partial charge in [-0.3, -0.25) is 0 Å². The van der Waals surface area contributed by atoms with E-state index in [-0.39, 0.29) is 0 Å². The molecule has 0 bridgehead atoms. The predicted octanol–water partition coefficient (Wildman–Crippen LogP) is 2.44. The van der Waals surface area contributed by atoms with E-state index in [1.165, 1.54) is 11.1 Å². The predicted molar refractivity (Wildman–Crippen MR) is 52.8 cm³/mol. The van der Waals surface area contributed by atoms with Crippen molar-refractivity contribution >= 4 is 17.4 Å².